The quantitative estimate of drug-likeness (QED) is 0.680. The van der Waals surface area contributed by atoms with E-state index >= 15 is 0 Å². The first-order valence-electron chi connectivity index (χ1n) is 4.83. The van der Waals surface area contributed by atoms with Crippen LogP contribution in [0, 0.1) is 5.82 Å². The minimum atomic E-state index is -0.270. The van der Waals surface area contributed by atoms with Crippen molar-refractivity contribution in [2.24, 2.45) is 0 Å². The summed E-state index contributed by atoms with van der Waals surface area (Å²) in [6.45, 7) is 0. The summed E-state index contributed by atoms with van der Waals surface area (Å²) in [4.78, 5) is 11.5. The van der Waals surface area contributed by atoms with Crippen molar-refractivity contribution in [3.8, 4) is 0 Å². The molecule has 1 saturated heterocycles. The number of Topliss-reactive ketones (excluding diaryl/α,β-unsaturated/α-hetero) is 1. The van der Waals surface area contributed by atoms with Crippen molar-refractivity contribution in [3.05, 3.63) is 41.2 Å². The molecule has 2 rings (SSSR count). The lowest BCUT2D eigenvalue weighted by molar-refractivity contribution is -0.115. The van der Waals surface area contributed by atoms with E-state index < -0.39 is 0 Å². The predicted octanol–water partition coefficient (Wildman–Crippen LogP) is 2.92. The summed E-state index contributed by atoms with van der Waals surface area (Å²) in [5.74, 6) is 1.46. The summed E-state index contributed by atoms with van der Waals surface area (Å²) in [5, 5.41) is 0. The van der Waals surface area contributed by atoms with Gasteiger partial charge in [0.2, 0.25) is 0 Å². The summed E-state index contributed by atoms with van der Waals surface area (Å²) < 4.78 is 13.3. The number of halogens is 1. The summed E-state index contributed by atoms with van der Waals surface area (Å²) >= 11 is 1.72. The second-order valence-electron chi connectivity index (χ2n) is 3.42. The van der Waals surface area contributed by atoms with Crippen molar-refractivity contribution in [1.29, 1.82) is 0 Å². The molecule has 0 N–H and O–H groups in total. The Labute approximate surface area is 92.4 Å². The lowest BCUT2D eigenvalue weighted by atomic mass is 10.1. The fourth-order valence-electron chi connectivity index (χ4n) is 1.49. The third-order valence-corrected chi connectivity index (χ3v) is 3.33. The molecule has 1 heterocycles. The van der Waals surface area contributed by atoms with Crippen LogP contribution in [0.2, 0.25) is 0 Å². The van der Waals surface area contributed by atoms with Crippen LogP contribution in [-0.2, 0) is 4.79 Å². The van der Waals surface area contributed by atoms with E-state index in [1.54, 1.807) is 36.0 Å². The molecule has 0 amide bonds. The maximum absolute atomic E-state index is 13.3. The predicted molar refractivity (Wildman–Crippen MR) is 61.3 cm³/mol. The zero-order valence-electron chi connectivity index (χ0n) is 8.20. The van der Waals surface area contributed by atoms with E-state index in [1.807, 2.05) is 0 Å². The van der Waals surface area contributed by atoms with Gasteiger partial charge in [0.15, 0.2) is 5.78 Å². The van der Waals surface area contributed by atoms with Crippen molar-refractivity contribution in [2.45, 2.75) is 6.42 Å². The highest BCUT2D eigenvalue weighted by molar-refractivity contribution is 7.99. The number of thioether (sulfide) groups is 1. The van der Waals surface area contributed by atoms with Crippen LogP contribution in [0.1, 0.15) is 12.0 Å². The molecule has 1 nitrogen and oxygen atoms in total. The molecule has 1 fully saturated rings. The highest BCUT2D eigenvalue weighted by atomic mass is 32.2. The van der Waals surface area contributed by atoms with Gasteiger partial charge in [0, 0.05) is 29.1 Å². The van der Waals surface area contributed by atoms with Gasteiger partial charge in [-0.15, -0.1) is 0 Å². The smallest absolute Gasteiger partial charge is 0.160 e. The molecule has 78 valence electrons. The number of hydrogen-bond donors (Lipinski definition) is 0. The van der Waals surface area contributed by atoms with Gasteiger partial charge >= 0.3 is 0 Å². The van der Waals surface area contributed by atoms with Crippen molar-refractivity contribution in [2.75, 3.05) is 11.5 Å². The summed E-state index contributed by atoms with van der Waals surface area (Å²) in [6, 6.07) is 6.52. The van der Waals surface area contributed by atoms with Crippen LogP contribution in [0.4, 0.5) is 4.39 Å². The first-order chi connectivity index (χ1) is 7.27. The second-order valence-corrected chi connectivity index (χ2v) is 4.52. The topological polar surface area (TPSA) is 17.1 Å². The van der Waals surface area contributed by atoms with Crippen LogP contribution < -0.4 is 0 Å². The Kier molecular flexibility index (Phi) is 3.21. The van der Waals surface area contributed by atoms with Crippen molar-refractivity contribution < 1.29 is 9.18 Å². The highest BCUT2D eigenvalue weighted by Crippen LogP contribution is 2.22. The zero-order valence-corrected chi connectivity index (χ0v) is 9.02. The van der Waals surface area contributed by atoms with E-state index in [-0.39, 0.29) is 11.6 Å². The lowest BCUT2D eigenvalue weighted by Crippen LogP contribution is -2.12. The Balaban J connectivity index is 2.29. The van der Waals surface area contributed by atoms with E-state index in [1.165, 1.54) is 6.07 Å². The van der Waals surface area contributed by atoms with Gasteiger partial charge in [-0.25, -0.2) is 4.39 Å². The molecule has 0 radical (unpaired) electrons. The molecule has 0 bridgehead atoms. The number of carbonyl (C=O) groups is 1. The summed E-state index contributed by atoms with van der Waals surface area (Å²) in [7, 11) is 0. The number of hydrogen-bond acceptors (Lipinski definition) is 2. The Morgan fingerprint density at radius 3 is 2.87 bits per heavy atom. The first-order valence-corrected chi connectivity index (χ1v) is 5.99. The largest absolute Gasteiger partial charge is 0.294 e. The molecule has 1 aromatic rings. The molecule has 15 heavy (non-hydrogen) atoms. The van der Waals surface area contributed by atoms with E-state index in [2.05, 4.69) is 0 Å². The minimum absolute atomic E-state index is 0.150. The third kappa shape index (κ3) is 2.48. The average molecular weight is 222 g/mol. The fourth-order valence-corrected chi connectivity index (χ4v) is 2.43. The third-order valence-electron chi connectivity index (χ3n) is 2.32. The fraction of sp³-hybridized carbons (Fsp3) is 0.250. The normalized spacial score (nSPS) is 19.5. The van der Waals surface area contributed by atoms with Crippen molar-refractivity contribution in [3.63, 3.8) is 0 Å². The lowest BCUT2D eigenvalue weighted by Gasteiger charge is -2.12. The average Bonchev–Trinajstić information content (AvgIpc) is 2.24. The molecule has 0 aromatic heterocycles. The van der Waals surface area contributed by atoms with Gasteiger partial charge in [0.05, 0.1) is 0 Å². The van der Waals surface area contributed by atoms with Gasteiger partial charge in [-0.3, -0.25) is 4.79 Å². The highest BCUT2D eigenvalue weighted by Gasteiger charge is 2.15. The van der Waals surface area contributed by atoms with Crippen LogP contribution in [-0.4, -0.2) is 17.3 Å². The Morgan fingerprint density at radius 2 is 2.13 bits per heavy atom. The number of ketones is 1. The first kappa shape index (κ1) is 10.4. The number of rotatable bonds is 1. The van der Waals surface area contributed by atoms with E-state index in [0.717, 1.165) is 11.3 Å². The SMILES string of the molecule is O=C1CCSC/C1=C\c1ccccc1F. The van der Waals surface area contributed by atoms with Gasteiger partial charge < -0.3 is 0 Å². The Bertz CT molecular complexity index is 412. The van der Waals surface area contributed by atoms with Gasteiger partial charge in [0.1, 0.15) is 5.82 Å². The van der Waals surface area contributed by atoms with Gasteiger partial charge in [-0.1, -0.05) is 18.2 Å². The summed E-state index contributed by atoms with van der Waals surface area (Å²) in [5.41, 5.74) is 1.24. The van der Waals surface area contributed by atoms with Crippen LogP contribution in [0.25, 0.3) is 6.08 Å². The Hall–Kier alpha value is -1.09. The maximum atomic E-state index is 13.3. The van der Waals surface area contributed by atoms with Crippen LogP contribution in [0.15, 0.2) is 29.8 Å². The molecular formula is C12H11FOS. The summed E-state index contributed by atoms with van der Waals surface area (Å²) in [6.07, 6.45) is 2.24. The Morgan fingerprint density at radius 1 is 1.33 bits per heavy atom. The standard InChI is InChI=1S/C12H11FOS/c13-11-4-2-1-3-9(11)7-10-8-15-6-5-12(10)14/h1-4,7H,5-6,8H2/b10-7+. The second kappa shape index (κ2) is 4.62. The molecule has 0 saturated carbocycles. The number of benzene rings is 1. The molecule has 0 spiro atoms. The van der Waals surface area contributed by atoms with Crippen LogP contribution in [0.5, 0.6) is 0 Å². The molecule has 0 aliphatic carbocycles. The monoisotopic (exact) mass is 222 g/mol. The molecular weight excluding hydrogens is 211 g/mol. The maximum Gasteiger partial charge on any atom is 0.160 e. The molecule has 0 unspecified atom stereocenters. The molecule has 1 aromatic carbocycles. The van der Waals surface area contributed by atoms with Gasteiger partial charge in [-0.2, -0.15) is 11.8 Å². The molecule has 1 aliphatic heterocycles. The van der Waals surface area contributed by atoms with Crippen molar-refractivity contribution >= 4 is 23.6 Å². The van der Waals surface area contributed by atoms with Gasteiger partial charge in [-0.05, 0) is 12.1 Å². The van der Waals surface area contributed by atoms with E-state index in [4.69, 9.17) is 0 Å². The minimum Gasteiger partial charge on any atom is -0.294 e. The van der Waals surface area contributed by atoms with Crippen molar-refractivity contribution in [1.82, 2.24) is 0 Å². The molecule has 1 aliphatic rings. The zero-order chi connectivity index (χ0) is 10.7. The van der Waals surface area contributed by atoms with Gasteiger partial charge in [0.25, 0.3) is 0 Å². The van der Waals surface area contributed by atoms with E-state index in [9.17, 15) is 9.18 Å². The molecule has 3 heteroatoms. The number of carbonyl (C=O) groups excluding carboxylic acids is 1. The van der Waals surface area contributed by atoms with E-state index in [0.29, 0.717) is 17.7 Å². The van der Waals surface area contributed by atoms with Crippen LogP contribution in [0.3, 0.4) is 0 Å². The van der Waals surface area contributed by atoms with Crippen LogP contribution >= 0.6 is 11.8 Å². The molecule has 0 atom stereocenters.